The smallest absolute Gasteiger partial charge is 0.240 e. The molecule has 0 radical (unpaired) electrons. The number of benzene rings is 1. The Morgan fingerprint density at radius 3 is 2.68 bits per heavy atom. The Labute approximate surface area is 113 Å². The molecule has 19 heavy (non-hydrogen) atoms. The second-order valence-electron chi connectivity index (χ2n) is 4.84. The van der Waals surface area contributed by atoms with Crippen LogP contribution in [0.1, 0.15) is 18.4 Å². The first kappa shape index (κ1) is 13.7. The van der Waals surface area contributed by atoms with Crippen molar-refractivity contribution in [3.8, 4) is 11.5 Å². The fourth-order valence-electron chi connectivity index (χ4n) is 1.93. The summed E-state index contributed by atoms with van der Waals surface area (Å²) in [5.74, 6) is 1.51. The van der Waals surface area contributed by atoms with Crippen molar-refractivity contribution in [2.24, 2.45) is 5.73 Å². The molecule has 1 aromatic rings. The number of hydrogen-bond donors (Lipinski definition) is 2. The topological polar surface area (TPSA) is 73.6 Å². The molecule has 0 unspecified atom stereocenters. The van der Waals surface area contributed by atoms with Gasteiger partial charge in [-0.05, 0) is 43.0 Å². The summed E-state index contributed by atoms with van der Waals surface area (Å²) in [6.45, 7) is 0.543. The van der Waals surface area contributed by atoms with Crippen molar-refractivity contribution in [3.05, 3.63) is 23.8 Å². The number of ether oxygens (including phenoxy) is 2. The Hall–Kier alpha value is -1.75. The maximum absolute atomic E-state index is 11.7. The number of carbonyl (C=O) groups is 1. The van der Waals surface area contributed by atoms with Crippen LogP contribution < -0.4 is 20.5 Å². The summed E-state index contributed by atoms with van der Waals surface area (Å²) in [5, 5.41) is 2.86. The molecule has 1 aliphatic carbocycles. The molecule has 0 aliphatic heterocycles. The van der Waals surface area contributed by atoms with Crippen molar-refractivity contribution in [1.82, 2.24) is 5.32 Å². The molecule has 104 valence electrons. The summed E-state index contributed by atoms with van der Waals surface area (Å²) in [6.07, 6.45) is 2.24. The van der Waals surface area contributed by atoms with Gasteiger partial charge in [0.05, 0.1) is 19.8 Å². The normalized spacial score (nSPS) is 15.7. The van der Waals surface area contributed by atoms with Crippen molar-refractivity contribution < 1.29 is 14.3 Å². The summed E-state index contributed by atoms with van der Waals surface area (Å²) in [7, 11) is 3.25. The molecular weight excluding hydrogens is 244 g/mol. The van der Waals surface area contributed by atoms with Crippen molar-refractivity contribution in [2.75, 3.05) is 20.8 Å². The monoisotopic (exact) mass is 264 g/mol. The third-order valence-corrected chi connectivity index (χ3v) is 3.41. The molecule has 1 aliphatic rings. The third kappa shape index (κ3) is 3.17. The molecular formula is C14H20N2O3. The van der Waals surface area contributed by atoms with Gasteiger partial charge in [0.25, 0.3) is 0 Å². The molecule has 0 saturated heterocycles. The number of carbonyl (C=O) groups excluding carboxylic acids is 1. The third-order valence-electron chi connectivity index (χ3n) is 3.41. The van der Waals surface area contributed by atoms with Gasteiger partial charge in [-0.2, -0.15) is 0 Å². The fourth-order valence-corrected chi connectivity index (χ4v) is 1.93. The van der Waals surface area contributed by atoms with E-state index in [4.69, 9.17) is 15.2 Å². The number of nitrogens with one attached hydrogen (secondary N) is 1. The lowest BCUT2D eigenvalue weighted by molar-refractivity contribution is -0.123. The van der Waals surface area contributed by atoms with Gasteiger partial charge in [-0.25, -0.2) is 0 Å². The van der Waals surface area contributed by atoms with Crippen molar-refractivity contribution in [2.45, 2.75) is 24.8 Å². The van der Waals surface area contributed by atoms with Crippen LogP contribution in [0, 0.1) is 0 Å². The van der Waals surface area contributed by atoms with Crippen molar-refractivity contribution in [3.63, 3.8) is 0 Å². The van der Waals surface area contributed by atoms with Crippen LogP contribution >= 0.6 is 0 Å². The average Bonchev–Trinajstić information content (AvgIpc) is 3.17. The van der Waals surface area contributed by atoms with Gasteiger partial charge >= 0.3 is 0 Å². The van der Waals surface area contributed by atoms with E-state index in [1.54, 1.807) is 14.2 Å². The van der Waals surface area contributed by atoms with Crippen LogP contribution in [-0.2, 0) is 11.2 Å². The Balaban J connectivity index is 1.92. The van der Waals surface area contributed by atoms with Gasteiger partial charge in [-0.15, -0.1) is 0 Å². The van der Waals surface area contributed by atoms with Crippen LogP contribution in [0.4, 0.5) is 0 Å². The quantitative estimate of drug-likeness (QED) is 0.799. The van der Waals surface area contributed by atoms with Gasteiger partial charge < -0.3 is 20.5 Å². The van der Waals surface area contributed by atoms with Crippen molar-refractivity contribution in [1.29, 1.82) is 0 Å². The summed E-state index contributed by atoms with van der Waals surface area (Å²) in [5.41, 5.74) is 6.21. The van der Waals surface area contributed by atoms with Crippen LogP contribution in [0.5, 0.6) is 11.5 Å². The molecule has 0 aromatic heterocycles. The van der Waals surface area contributed by atoms with Crippen LogP contribution in [0.2, 0.25) is 0 Å². The minimum Gasteiger partial charge on any atom is -0.497 e. The van der Waals surface area contributed by atoms with E-state index in [-0.39, 0.29) is 5.91 Å². The van der Waals surface area contributed by atoms with E-state index < -0.39 is 5.54 Å². The highest BCUT2D eigenvalue weighted by molar-refractivity contribution is 5.88. The first-order chi connectivity index (χ1) is 9.09. The molecule has 0 spiro atoms. The number of hydrogen-bond acceptors (Lipinski definition) is 4. The molecule has 1 amide bonds. The maximum atomic E-state index is 11.7. The number of rotatable bonds is 6. The first-order valence-corrected chi connectivity index (χ1v) is 6.37. The van der Waals surface area contributed by atoms with E-state index in [0.717, 1.165) is 29.9 Å². The Bertz CT molecular complexity index is 470. The highest BCUT2D eigenvalue weighted by atomic mass is 16.5. The van der Waals surface area contributed by atoms with Gasteiger partial charge in [0.2, 0.25) is 5.91 Å². The molecule has 1 fully saturated rings. The minimum absolute atomic E-state index is 0.0608. The molecule has 0 heterocycles. The number of amides is 1. The summed E-state index contributed by atoms with van der Waals surface area (Å²) in [4.78, 5) is 11.7. The van der Waals surface area contributed by atoms with E-state index in [2.05, 4.69) is 5.32 Å². The van der Waals surface area contributed by atoms with E-state index in [9.17, 15) is 4.79 Å². The lowest BCUT2D eigenvalue weighted by atomic mass is 10.1. The molecule has 3 N–H and O–H groups in total. The summed E-state index contributed by atoms with van der Waals surface area (Å²) >= 11 is 0. The Kier molecular flexibility index (Phi) is 3.95. The second kappa shape index (κ2) is 5.48. The van der Waals surface area contributed by atoms with Crippen LogP contribution in [0.3, 0.4) is 0 Å². The highest BCUT2D eigenvalue weighted by Gasteiger charge is 2.45. The molecule has 0 bridgehead atoms. The standard InChI is InChI=1S/C14H20N2O3/c1-18-11-3-4-12(19-2)10(9-11)5-8-16-13(17)14(15)6-7-14/h3-4,9H,5-8,15H2,1-2H3,(H,16,17). The van der Waals surface area contributed by atoms with E-state index >= 15 is 0 Å². The molecule has 1 aromatic carbocycles. The molecule has 2 rings (SSSR count). The summed E-state index contributed by atoms with van der Waals surface area (Å²) in [6, 6.07) is 5.63. The van der Waals surface area contributed by atoms with Gasteiger partial charge in [0.1, 0.15) is 11.5 Å². The van der Waals surface area contributed by atoms with E-state index in [1.165, 1.54) is 0 Å². The highest BCUT2D eigenvalue weighted by Crippen LogP contribution is 2.32. The zero-order valence-electron chi connectivity index (χ0n) is 11.4. The summed E-state index contributed by atoms with van der Waals surface area (Å²) < 4.78 is 10.5. The van der Waals surface area contributed by atoms with E-state index in [1.807, 2.05) is 18.2 Å². The zero-order valence-corrected chi connectivity index (χ0v) is 11.4. The Morgan fingerprint density at radius 2 is 2.11 bits per heavy atom. The van der Waals surface area contributed by atoms with Gasteiger partial charge in [-0.1, -0.05) is 0 Å². The molecule has 0 atom stereocenters. The predicted molar refractivity (Wildman–Crippen MR) is 72.4 cm³/mol. The number of nitrogens with two attached hydrogens (primary N) is 1. The lowest BCUT2D eigenvalue weighted by Crippen LogP contribution is -2.43. The molecule has 5 heteroatoms. The van der Waals surface area contributed by atoms with Gasteiger partial charge in [0, 0.05) is 6.54 Å². The largest absolute Gasteiger partial charge is 0.497 e. The maximum Gasteiger partial charge on any atom is 0.240 e. The lowest BCUT2D eigenvalue weighted by Gasteiger charge is -2.12. The van der Waals surface area contributed by atoms with Crippen LogP contribution in [0.25, 0.3) is 0 Å². The first-order valence-electron chi connectivity index (χ1n) is 6.37. The van der Waals surface area contributed by atoms with E-state index in [0.29, 0.717) is 13.0 Å². The average molecular weight is 264 g/mol. The van der Waals surface area contributed by atoms with Gasteiger partial charge in [0.15, 0.2) is 0 Å². The zero-order chi connectivity index (χ0) is 13.9. The SMILES string of the molecule is COc1ccc(OC)c(CCNC(=O)C2(N)CC2)c1. The van der Waals surface area contributed by atoms with Gasteiger partial charge in [-0.3, -0.25) is 4.79 Å². The fraction of sp³-hybridized carbons (Fsp3) is 0.500. The minimum atomic E-state index is -0.613. The molecule has 1 saturated carbocycles. The predicted octanol–water partition coefficient (Wildman–Crippen LogP) is 0.854. The van der Waals surface area contributed by atoms with Crippen molar-refractivity contribution >= 4 is 5.91 Å². The second-order valence-corrected chi connectivity index (χ2v) is 4.84. The van der Waals surface area contributed by atoms with Crippen LogP contribution in [0.15, 0.2) is 18.2 Å². The molecule has 5 nitrogen and oxygen atoms in total. The van der Waals surface area contributed by atoms with Crippen LogP contribution in [-0.4, -0.2) is 32.2 Å². The Morgan fingerprint density at radius 1 is 1.37 bits per heavy atom. The number of methoxy groups -OCH3 is 2.